The number of fused-ring (bicyclic) bond motifs is 1. The molecule has 6 heteroatoms. The number of imidazole rings is 1. The molecule has 0 aromatic carbocycles. The Morgan fingerprint density at radius 3 is 2.86 bits per heavy atom. The number of hydrogen-bond acceptors (Lipinski definition) is 5. The third kappa shape index (κ3) is 2.54. The molecule has 3 aromatic rings. The zero-order chi connectivity index (χ0) is 14.1. The Labute approximate surface area is 122 Å². The van der Waals surface area contributed by atoms with Gasteiger partial charge in [-0.1, -0.05) is 0 Å². The minimum atomic E-state index is 0.457. The van der Waals surface area contributed by atoms with E-state index in [-0.39, 0.29) is 0 Å². The fourth-order valence-electron chi connectivity index (χ4n) is 2.96. The lowest BCUT2D eigenvalue weighted by molar-refractivity contribution is 0.191. The summed E-state index contributed by atoms with van der Waals surface area (Å²) < 4.78 is 7.38. The molecule has 6 nitrogen and oxygen atoms in total. The van der Waals surface area contributed by atoms with Gasteiger partial charge in [0.15, 0.2) is 5.89 Å². The number of piperidine rings is 1. The molecule has 3 aromatic heterocycles. The summed E-state index contributed by atoms with van der Waals surface area (Å²) >= 11 is 0. The van der Waals surface area contributed by atoms with Crippen molar-refractivity contribution in [1.82, 2.24) is 24.3 Å². The molecule has 1 saturated heterocycles. The molecule has 0 aliphatic carbocycles. The average Bonchev–Trinajstić information content (AvgIpc) is 3.17. The first-order valence-electron chi connectivity index (χ1n) is 7.29. The van der Waals surface area contributed by atoms with Crippen molar-refractivity contribution in [2.45, 2.75) is 25.3 Å². The van der Waals surface area contributed by atoms with Crippen LogP contribution in [-0.2, 0) is 6.54 Å². The normalized spacial score (nSPS) is 17.5. The van der Waals surface area contributed by atoms with Gasteiger partial charge in [0.05, 0.1) is 11.9 Å². The Balaban J connectivity index is 1.40. The lowest BCUT2D eigenvalue weighted by Crippen LogP contribution is -2.32. The van der Waals surface area contributed by atoms with Gasteiger partial charge < -0.3 is 4.42 Å². The van der Waals surface area contributed by atoms with Gasteiger partial charge in [-0.3, -0.25) is 9.30 Å². The average molecular weight is 283 g/mol. The number of likely N-dealkylation sites (tertiary alicyclic amines) is 1. The maximum Gasteiger partial charge on any atom is 0.233 e. The lowest BCUT2D eigenvalue weighted by atomic mass is 9.97. The Morgan fingerprint density at radius 2 is 2.10 bits per heavy atom. The molecule has 0 N–H and O–H groups in total. The third-order valence-electron chi connectivity index (χ3n) is 4.06. The monoisotopic (exact) mass is 283 g/mol. The van der Waals surface area contributed by atoms with Crippen LogP contribution in [0.5, 0.6) is 0 Å². The summed E-state index contributed by atoms with van der Waals surface area (Å²) in [6.07, 6.45) is 11.4. The summed E-state index contributed by atoms with van der Waals surface area (Å²) in [5.41, 5.74) is 1.07. The van der Waals surface area contributed by atoms with E-state index in [4.69, 9.17) is 4.42 Å². The van der Waals surface area contributed by atoms with E-state index in [0.717, 1.165) is 49.8 Å². The Kier molecular flexibility index (Phi) is 3.16. The van der Waals surface area contributed by atoms with Gasteiger partial charge in [0, 0.05) is 31.1 Å². The number of aromatic nitrogens is 4. The first kappa shape index (κ1) is 12.5. The Hall–Kier alpha value is -2.21. The molecule has 0 radical (unpaired) electrons. The van der Waals surface area contributed by atoms with Crippen molar-refractivity contribution >= 4 is 5.78 Å². The predicted molar refractivity (Wildman–Crippen MR) is 76.7 cm³/mol. The van der Waals surface area contributed by atoms with Crippen molar-refractivity contribution in [3.8, 4) is 0 Å². The van der Waals surface area contributed by atoms with E-state index >= 15 is 0 Å². The summed E-state index contributed by atoms with van der Waals surface area (Å²) in [5, 5.41) is 0. The first-order valence-corrected chi connectivity index (χ1v) is 7.29. The number of nitrogens with zero attached hydrogens (tertiary/aromatic N) is 5. The van der Waals surface area contributed by atoms with Gasteiger partial charge in [0.25, 0.3) is 0 Å². The maximum absolute atomic E-state index is 5.41. The molecule has 1 aliphatic heterocycles. The summed E-state index contributed by atoms with van der Waals surface area (Å²) in [4.78, 5) is 15.5. The van der Waals surface area contributed by atoms with Crippen LogP contribution >= 0.6 is 0 Å². The molecule has 0 saturated carbocycles. The highest BCUT2D eigenvalue weighted by Gasteiger charge is 2.23. The fraction of sp³-hybridized carbons (Fsp3) is 0.400. The molecule has 0 spiro atoms. The van der Waals surface area contributed by atoms with E-state index in [2.05, 4.69) is 26.0 Å². The highest BCUT2D eigenvalue weighted by atomic mass is 16.3. The molecule has 4 heterocycles. The van der Waals surface area contributed by atoms with Crippen molar-refractivity contribution in [3.63, 3.8) is 0 Å². The van der Waals surface area contributed by atoms with E-state index in [9.17, 15) is 0 Å². The zero-order valence-electron chi connectivity index (χ0n) is 11.7. The van der Waals surface area contributed by atoms with Gasteiger partial charge in [-0.15, -0.1) is 0 Å². The van der Waals surface area contributed by atoms with Crippen LogP contribution in [0.15, 0.2) is 41.5 Å². The molecule has 4 rings (SSSR count). The van der Waals surface area contributed by atoms with Crippen molar-refractivity contribution < 1.29 is 4.42 Å². The molecule has 0 unspecified atom stereocenters. The van der Waals surface area contributed by atoms with Crippen molar-refractivity contribution in [2.24, 2.45) is 0 Å². The van der Waals surface area contributed by atoms with Gasteiger partial charge in [-0.25, -0.2) is 15.0 Å². The third-order valence-corrected chi connectivity index (χ3v) is 4.06. The van der Waals surface area contributed by atoms with Crippen molar-refractivity contribution in [3.05, 3.63) is 48.7 Å². The van der Waals surface area contributed by atoms with Crippen LogP contribution in [0.25, 0.3) is 5.78 Å². The summed E-state index contributed by atoms with van der Waals surface area (Å²) in [7, 11) is 0. The van der Waals surface area contributed by atoms with Crippen LogP contribution in [0.2, 0.25) is 0 Å². The van der Waals surface area contributed by atoms with Crippen LogP contribution in [-0.4, -0.2) is 37.3 Å². The molecule has 1 fully saturated rings. The van der Waals surface area contributed by atoms with Crippen LogP contribution < -0.4 is 0 Å². The summed E-state index contributed by atoms with van der Waals surface area (Å²) in [5.74, 6) is 2.10. The van der Waals surface area contributed by atoms with E-state index in [1.165, 1.54) is 0 Å². The predicted octanol–water partition coefficient (Wildman–Crippen LogP) is 2.10. The quantitative estimate of drug-likeness (QED) is 0.736. The van der Waals surface area contributed by atoms with Crippen LogP contribution in [0, 0.1) is 0 Å². The number of rotatable bonds is 3. The highest BCUT2D eigenvalue weighted by molar-refractivity contribution is 5.29. The molecular weight excluding hydrogens is 266 g/mol. The SMILES string of the molecule is c1cnc2nc(CN3CCC(c4ncco4)CC3)cn2c1. The van der Waals surface area contributed by atoms with E-state index in [1.54, 1.807) is 18.7 Å². The smallest absolute Gasteiger partial charge is 0.233 e. The molecule has 21 heavy (non-hydrogen) atoms. The first-order chi connectivity index (χ1) is 10.4. The molecule has 0 amide bonds. The second kappa shape index (κ2) is 5.29. The Bertz CT molecular complexity index is 680. The van der Waals surface area contributed by atoms with Gasteiger partial charge in [0.2, 0.25) is 5.78 Å². The molecular formula is C15H17N5O. The van der Waals surface area contributed by atoms with Gasteiger partial charge in [-0.2, -0.15) is 0 Å². The van der Waals surface area contributed by atoms with E-state index in [1.807, 2.05) is 16.7 Å². The van der Waals surface area contributed by atoms with Crippen LogP contribution in [0.3, 0.4) is 0 Å². The number of oxazole rings is 1. The van der Waals surface area contributed by atoms with Crippen LogP contribution in [0.4, 0.5) is 0 Å². The second-order valence-corrected chi connectivity index (χ2v) is 5.48. The lowest BCUT2D eigenvalue weighted by Gasteiger charge is -2.29. The van der Waals surface area contributed by atoms with Gasteiger partial charge >= 0.3 is 0 Å². The van der Waals surface area contributed by atoms with Crippen molar-refractivity contribution in [2.75, 3.05) is 13.1 Å². The molecule has 108 valence electrons. The van der Waals surface area contributed by atoms with Crippen LogP contribution in [0.1, 0.15) is 30.3 Å². The van der Waals surface area contributed by atoms with E-state index in [0.29, 0.717) is 5.92 Å². The molecule has 1 aliphatic rings. The van der Waals surface area contributed by atoms with Crippen molar-refractivity contribution in [1.29, 1.82) is 0 Å². The standard InChI is InChI=1S/C15H17N5O/c1-4-17-15-18-13(11-20(15)6-1)10-19-7-2-12(3-8-19)14-16-5-9-21-14/h1,4-6,9,11-12H,2-3,7-8,10H2. The Morgan fingerprint density at radius 1 is 1.19 bits per heavy atom. The maximum atomic E-state index is 5.41. The minimum Gasteiger partial charge on any atom is -0.449 e. The second-order valence-electron chi connectivity index (χ2n) is 5.48. The molecule has 0 atom stereocenters. The van der Waals surface area contributed by atoms with E-state index < -0.39 is 0 Å². The minimum absolute atomic E-state index is 0.457. The number of hydrogen-bond donors (Lipinski definition) is 0. The fourth-order valence-corrected chi connectivity index (χ4v) is 2.96. The van der Waals surface area contributed by atoms with Gasteiger partial charge in [0.1, 0.15) is 6.26 Å². The summed E-state index contributed by atoms with van der Waals surface area (Å²) in [6, 6.07) is 1.92. The zero-order valence-corrected chi connectivity index (χ0v) is 11.7. The van der Waals surface area contributed by atoms with Gasteiger partial charge in [-0.05, 0) is 32.0 Å². The largest absolute Gasteiger partial charge is 0.449 e. The topological polar surface area (TPSA) is 59.5 Å². The molecule has 0 bridgehead atoms. The highest BCUT2D eigenvalue weighted by Crippen LogP contribution is 2.27. The summed E-state index contributed by atoms with van der Waals surface area (Å²) in [6.45, 7) is 2.98.